The number of aliphatic hydroxyl groups is 1. The maximum atomic E-state index is 12.5. The number of nitrogens with zero attached hydrogens (tertiary/aromatic N) is 1. The standard InChI is InChI=1S/C16H18Cl3NO5/c17-9-6-10(18)15(20-14(9)19)23-8-11(22)13-12(7-21)24-16(25-13)4-2-1-3-5-16/h6,12-13,21H,1-5,7-8H2. The molecule has 1 aliphatic heterocycles. The molecule has 0 bridgehead atoms. The van der Waals surface area contributed by atoms with Crippen LogP contribution in [0.25, 0.3) is 0 Å². The molecule has 2 heterocycles. The van der Waals surface area contributed by atoms with Gasteiger partial charge in [-0.05, 0) is 18.9 Å². The fourth-order valence-electron chi connectivity index (χ4n) is 3.16. The summed E-state index contributed by atoms with van der Waals surface area (Å²) < 4.78 is 17.1. The molecule has 1 N–H and O–H groups in total. The zero-order valence-corrected chi connectivity index (χ0v) is 15.6. The normalized spacial score (nSPS) is 25.3. The summed E-state index contributed by atoms with van der Waals surface area (Å²) in [5.74, 6) is -1.12. The van der Waals surface area contributed by atoms with E-state index in [1.165, 1.54) is 6.07 Å². The molecular formula is C16H18Cl3NO5. The van der Waals surface area contributed by atoms with Crippen molar-refractivity contribution in [2.45, 2.75) is 50.1 Å². The topological polar surface area (TPSA) is 77.9 Å². The molecule has 25 heavy (non-hydrogen) atoms. The lowest BCUT2D eigenvalue weighted by atomic mass is 9.94. The van der Waals surface area contributed by atoms with Gasteiger partial charge in [-0.25, -0.2) is 0 Å². The van der Waals surface area contributed by atoms with Gasteiger partial charge in [-0.3, -0.25) is 4.79 Å². The van der Waals surface area contributed by atoms with Gasteiger partial charge in [0.15, 0.2) is 23.7 Å². The third-order valence-corrected chi connectivity index (χ3v) is 5.31. The largest absolute Gasteiger partial charge is 0.468 e. The van der Waals surface area contributed by atoms with Crippen molar-refractivity contribution in [2.75, 3.05) is 13.2 Å². The smallest absolute Gasteiger partial charge is 0.234 e. The maximum Gasteiger partial charge on any atom is 0.234 e. The Morgan fingerprint density at radius 2 is 1.96 bits per heavy atom. The van der Waals surface area contributed by atoms with E-state index in [1.807, 2.05) is 0 Å². The minimum atomic E-state index is -0.885. The number of hydrogen-bond donors (Lipinski definition) is 1. The van der Waals surface area contributed by atoms with Crippen LogP contribution in [-0.2, 0) is 14.3 Å². The summed E-state index contributed by atoms with van der Waals surface area (Å²) in [7, 11) is 0. The number of pyridine rings is 1. The number of aromatic nitrogens is 1. The first-order chi connectivity index (χ1) is 11.9. The van der Waals surface area contributed by atoms with E-state index >= 15 is 0 Å². The number of ether oxygens (including phenoxy) is 3. The average molecular weight is 411 g/mol. The van der Waals surface area contributed by atoms with Gasteiger partial charge in [-0.15, -0.1) is 0 Å². The number of carbonyl (C=O) groups is 1. The summed E-state index contributed by atoms with van der Waals surface area (Å²) in [6.45, 7) is -0.630. The van der Waals surface area contributed by atoms with Crippen LogP contribution in [0.4, 0.5) is 0 Å². The predicted octanol–water partition coefficient (Wildman–Crippen LogP) is 3.43. The number of halogens is 3. The van der Waals surface area contributed by atoms with E-state index in [4.69, 9.17) is 49.0 Å². The number of ketones is 1. The summed E-state index contributed by atoms with van der Waals surface area (Å²) >= 11 is 17.6. The van der Waals surface area contributed by atoms with Crippen molar-refractivity contribution < 1.29 is 24.1 Å². The van der Waals surface area contributed by atoms with Crippen LogP contribution >= 0.6 is 34.8 Å². The molecule has 6 nitrogen and oxygen atoms in total. The Balaban J connectivity index is 1.65. The van der Waals surface area contributed by atoms with Gasteiger partial charge < -0.3 is 19.3 Å². The lowest BCUT2D eigenvalue weighted by Gasteiger charge is -2.31. The highest BCUT2D eigenvalue weighted by atomic mass is 35.5. The van der Waals surface area contributed by atoms with Crippen molar-refractivity contribution >= 4 is 40.6 Å². The van der Waals surface area contributed by atoms with Crippen molar-refractivity contribution in [1.82, 2.24) is 4.98 Å². The van der Waals surface area contributed by atoms with Gasteiger partial charge in [0.25, 0.3) is 0 Å². The highest BCUT2D eigenvalue weighted by Crippen LogP contribution is 2.40. The monoisotopic (exact) mass is 409 g/mol. The van der Waals surface area contributed by atoms with E-state index in [0.29, 0.717) is 12.8 Å². The van der Waals surface area contributed by atoms with Crippen LogP contribution in [0.5, 0.6) is 5.88 Å². The molecule has 0 amide bonds. The van der Waals surface area contributed by atoms with Crippen LogP contribution in [0, 0.1) is 0 Å². The van der Waals surface area contributed by atoms with Crippen LogP contribution < -0.4 is 4.74 Å². The molecule has 1 saturated heterocycles. The first kappa shape index (κ1) is 19.1. The van der Waals surface area contributed by atoms with Gasteiger partial charge in [-0.2, -0.15) is 4.98 Å². The van der Waals surface area contributed by atoms with Crippen molar-refractivity contribution in [1.29, 1.82) is 0 Å². The molecule has 9 heteroatoms. The van der Waals surface area contributed by atoms with Crippen LogP contribution in [0.2, 0.25) is 15.2 Å². The molecule has 2 unspecified atom stereocenters. The van der Waals surface area contributed by atoms with E-state index in [9.17, 15) is 9.90 Å². The molecule has 0 radical (unpaired) electrons. The number of hydrogen-bond acceptors (Lipinski definition) is 6. The number of rotatable bonds is 5. The number of carbonyl (C=O) groups excluding carboxylic acids is 1. The second-order valence-corrected chi connectivity index (χ2v) is 7.32. The van der Waals surface area contributed by atoms with Crippen molar-refractivity contribution in [2.24, 2.45) is 0 Å². The highest BCUT2D eigenvalue weighted by molar-refractivity contribution is 6.42. The summed E-state index contributed by atoms with van der Waals surface area (Å²) in [5.41, 5.74) is 0. The first-order valence-corrected chi connectivity index (χ1v) is 9.21. The maximum absolute atomic E-state index is 12.5. The summed E-state index contributed by atoms with van der Waals surface area (Å²) in [6.07, 6.45) is 2.90. The molecule has 1 aromatic heterocycles. The molecule has 0 aromatic carbocycles. The van der Waals surface area contributed by atoms with Crippen molar-refractivity contribution in [3.63, 3.8) is 0 Å². The number of aliphatic hydroxyl groups excluding tert-OH is 1. The van der Waals surface area contributed by atoms with Crippen LogP contribution in [0.15, 0.2) is 6.07 Å². The summed E-state index contributed by atoms with van der Waals surface area (Å²) in [5, 5.41) is 9.90. The van der Waals surface area contributed by atoms with Gasteiger partial charge in [0.05, 0.1) is 11.6 Å². The molecule has 1 spiro atoms. The SMILES string of the molecule is O=C(COc1nc(Cl)c(Cl)cc1Cl)C1OC2(CCCCC2)OC1CO. The van der Waals surface area contributed by atoms with E-state index in [-0.39, 0.29) is 40.1 Å². The number of Topliss-reactive ketones (excluding diaryl/α,β-unsaturated/α-hetero) is 1. The third-order valence-electron chi connectivity index (χ3n) is 4.36. The van der Waals surface area contributed by atoms with Crippen LogP contribution in [-0.4, -0.2) is 47.1 Å². The quantitative estimate of drug-likeness (QED) is 0.749. The second kappa shape index (κ2) is 7.94. The van der Waals surface area contributed by atoms with Crippen molar-refractivity contribution in [3.8, 4) is 5.88 Å². The fraction of sp³-hybridized carbons (Fsp3) is 0.625. The third kappa shape index (κ3) is 4.21. The molecule has 2 atom stereocenters. The minimum Gasteiger partial charge on any atom is -0.468 e. The Morgan fingerprint density at radius 3 is 2.64 bits per heavy atom. The van der Waals surface area contributed by atoms with Gasteiger partial charge >= 0.3 is 0 Å². The molecule has 1 saturated carbocycles. The lowest BCUT2D eigenvalue weighted by Crippen LogP contribution is -2.37. The van der Waals surface area contributed by atoms with E-state index in [2.05, 4.69) is 4.98 Å². The van der Waals surface area contributed by atoms with Crippen LogP contribution in [0.1, 0.15) is 32.1 Å². The highest BCUT2D eigenvalue weighted by Gasteiger charge is 2.50. The Morgan fingerprint density at radius 1 is 1.24 bits per heavy atom. The Kier molecular flexibility index (Phi) is 6.08. The molecule has 3 rings (SSSR count). The average Bonchev–Trinajstić information content (AvgIpc) is 2.95. The van der Waals surface area contributed by atoms with Gasteiger partial charge in [-0.1, -0.05) is 41.2 Å². The van der Waals surface area contributed by atoms with Gasteiger partial charge in [0.2, 0.25) is 11.7 Å². The minimum absolute atomic E-state index is 0.0104. The van der Waals surface area contributed by atoms with Crippen molar-refractivity contribution in [3.05, 3.63) is 21.3 Å². The van der Waals surface area contributed by atoms with E-state index in [0.717, 1.165) is 19.3 Å². The molecule has 2 aliphatic rings. The summed E-state index contributed by atoms with van der Waals surface area (Å²) in [6, 6.07) is 1.39. The zero-order valence-electron chi connectivity index (χ0n) is 13.3. The molecule has 1 aromatic rings. The molecule has 2 fully saturated rings. The zero-order chi connectivity index (χ0) is 18.0. The Hall–Kier alpha value is -0.630. The molecule has 1 aliphatic carbocycles. The van der Waals surface area contributed by atoms with E-state index < -0.39 is 18.0 Å². The lowest BCUT2D eigenvalue weighted by molar-refractivity contribution is -0.197. The predicted molar refractivity (Wildman–Crippen MR) is 92.4 cm³/mol. The van der Waals surface area contributed by atoms with Crippen LogP contribution in [0.3, 0.4) is 0 Å². The molecular weight excluding hydrogens is 393 g/mol. The first-order valence-electron chi connectivity index (χ1n) is 8.08. The van der Waals surface area contributed by atoms with E-state index in [1.54, 1.807) is 0 Å². The molecule has 138 valence electrons. The Bertz CT molecular complexity index is 651. The fourth-order valence-corrected chi connectivity index (χ4v) is 3.70. The summed E-state index contributed by atoms with van der Waals surface area (Å²) in [4.78, 5) is 16.4. The Labute approximate surface area is 160 Å². The van der Waals surface area contributed by atoms with Gasteiger partial charge in [0, 0.05) is 12.8 Å². The van der Waals surface area contributed by atoms with Gasteiger partial charge in [0.1, 0.15) is 11.1 Å². The second-order valence-electron chi connectivity index (χ2n) is 6.15.